The molecule has 0 unspecified atom stereocenters. The molecule has 148 valence electrons. The van der Waals surface area contributed by atoms with Gasteiger partial charge in [-0.2, -0.15) is 0 Å². The van der Waals surface area contributed by atoms with E-state index in [-0.39, 0.29) is 20.6 Å². The van der Waals surface area contributed by atoms with Crippen LogP contribution < -0.4 is 14.5 Å². The van der Waals surface area contributed by atoms with Crippen LogP contribution in [-0.4, -0.2) is 31.7 Å². The predicted molar refractivity (Wildman–Crippen MR) is 114 cm³/mol. The topological polar surface area (TPSA) is 88.5 Å². The van der Waals surface area contributed by atoms with Gasteiger partial charge in [-0.25, -0.2) is 8.42 Å². The summed E-state index contributed by atoms with van der Waals surface area (Å²) in [6, 6.07) is 9.38. The van der Waals surface area contributed by atoms with E-state index in [9.17, 15) is 18.0 Å². The Kier molecular flexibility index (Phi) is 5.72. The zero-order valence-electron chi connectivity index (χ0n) is 14.8. The number of nitrogens with zero attached hydrogens (tertiary/aromatic N) is 2. The summed E-state index contributed by atoms with van der Waals surface area (Å²) in [5, 5.41) is 3.08. The number of nitrogens with one attached hydrogen (secondary N) is 1. The van der Waals surface area contributed by atoms with Crippen LogP contribution in [0.3, 0.4) is 0 Å². The van der Waals surface area contributed by atoms with Gasteiger partial charge in [0, 0.05) is 17.8 Å². The van der Waals surface area contributed by atoms with Crippen molar-refractivity contribution in [2.24, 2.45) is 7.05 Å². The van der Waals surface area contributed by atoms with E-state index in [1.54, 1.807) is 25.2 Å². The molecule has 0 fully saturated rings. The van der Waals surface area contributed by atoms with Crippen molar-refractivity contribution < 1.29 is 13.2 Å². The number of rotatable bonds is 5. The van der Waals surface area contributed by atoms with Crippen LogP contribution >= 0.6 is 34.5 Å². The molecule has 0 aliphatic heterocycles. The standard InChI is InChI=1S/C17H15Cl2N3O4S2/c1-21-13-6-4-11(8-15(13)27-17(21)24)20-16(23)9-22(28(2,25)26)14-7-10(18)3-5-12(14)19/h3-8H,9H2,1-2H3,(H,20,23). The molecule has 3 aromatic rings. The van der Waals surface area contributed by atoms with Crippen molar-refractivity contribution in [3.8, 4) is 0 Å². The second-order valence-electron chi connectivity index (χ2n) is 6.02. The summed E-state index contributed by atoms with van der Waals surface area (Å²) in [6.07, 6.45) is 0.977. The molecule has 0 saturated heterocycles. The molecule has 11 heteroatoms. The summed E-state index contributed by atoms with van der Waals surface area (Å²) in [4.78, 5) is 24.1. The first-order valence-corrected chi connectivity index (χ1v) is 11.3. The van der Waals surface area contributed by atoms with Gasteiger partial charge in [-0.15, -0.1) is 0 Å². The molecule has 0 radical (unpaired) electrons. The van der Waals surface area contributed by atoms with Gasteiger partial charge in [0.25, 0.3) is 0 Å². The second kappa shape index (κ2) is 7.75. The van der Waals surface area contributed by atoms with E-state index in [0.717, 1.165) is 27.4 Å². The SMILES string of the molecule is Cn1c(=O)sc2cc(NC(=O)CN(c3cc(Cl)ccc3Cl)S(C)(=O)=O)ccc21. The number of carbonyl (C=O) groups is 1. The van der Waals surface area contributed by atoms with Crippen molar-refractivity contribution in [2.75, 3.05) is 22.4 Å². The van der Waals surface area contributed by atoms with Crippen molar-refractivity contribution in [1.82, 2.24) is 4.57 Å². The van der Waals surface area contributed by atoms with Crippen molar-refractivity contribution in [1.29, 1.82) is 0 Å². The van der Waals surface area contributed by atoms with Crippen molar-refractivity contribution in [3.05, 3.63) is 56.1 Å². The Hall–Kier alpha value is -2.07. The summed E-state index contributed by atoms with van der Waals surface area (Å²) >= 11 is 13.1. The van der Waals surface area contributed by atoms with Crippen LogP contribution in [0.15, 0.2) is 41.2 Å². The minimum atomic E-state index is -3.79. The lowest BCUT2D eigenvalue weighted by Gasteiger charge is -2.23. The average molecular weight is 460 g/mol. The number of anilines is 2. The van der Waals surface area contributed by atoms with E-state index in [2.05, 4.69) is 5.32 Å². The molecule has 0 bridgehead atoms. The predicted octanol–water partition coefficient (Wildman–Crippen LogP) is 3.31. The third kappa shape index (κ3) is 4.33. The number of aromatic nitrogens is 1. The average Bonchev–Trinajstić information content (AvgIpc) is 2.88. The fourth-order valence-electron chi connectivity index (χ4n) is 2.60. The Labute approximate surface area is 175 Å². The van der Waals surface area contributed by atoms with Crippen LogP contribution in [0.4, 0.5) is 11.4 Å². The number of aryl methyl sites for hydroxylation is 1. The van der Waals surface area contributed by atoms with Crippen LogP contribution in [0, 0.1) is 0 Å². The zero-order valence-corrected chi connectivity index (χ0v) is 17.9. The minimum absolute atomic E-state index is 0.114. The molecule has 0 saturated carbocycles. The highest BCUT2D eigenvalue weighted by molar-refractivity contribution is 7.92. The van der Waals surface area contributed by atoms with Gasteiger partial charge in [-0.3, -0.25) is 13.9 Å². The molecule has 2 aromatic carbocycles. The summed E-state index contributed by atoms with van der Waals surface area (Å²) in [7, 11) is -2.13. The van der Waals surface area contributed by atoms with Crippen LogP contribution in [0.25, 0.3) is 10.2 Å². The highest BCUT2D eigenvalue weighted by Crippen LogP contribution is 2.30. The van der Waals surface area contributed by atoms with Gasteiger partial charge in [0.1, 0.15) is 6.54 Å². The Morgan fingerprint density at radius 1 is 1.21 bits per heavy atom. The van der Waals surface area contributed by atoms with Crippen molar-refractivity contribution in [2.45, 2.75) is 0 Å². The first kappa shape index (κ1) is 20.7. The molecule has 0 spiro atoms. The number of amides is 1. The van der Waals surface area contributed by atoms with E-state index in [1.807, 2.05) is 0 Å². The first-order valence-electron chi connectivity index (χ1n) is 7.88. The fourth-order valence-corrected chi connectivity index (χ4v) is 4.82. The number of halogens is 2. The summed E-state index contributed by atoms with van der Waals surface area (Å²) in [5.74, 6) is -0.566. The zero-order chi connectivity index (χ0) is 20.6. The quantitative estimate of drug-likeness (QED) is 0.633. The number of benzene rings is 2. The highest BCUT2D eigenvalue weighted by Gasteiger charge is 2.23. The van der Waals surface area contributed by atoms with E-state index < -0.39 is 22.5 Å². The van der Waals surface area contributed by atoms with Crippen LogP contribution in [-0.2, 0) is 21.9 Å². The van der Waals surface area contributed by atoms with Crippen molar-refractivity contribution in [3.63, 3.8) is 0 Å². The number of hydrogen-bond acceptors (Lipinski definition) is 5. The molecule has 0 atom stereocenters. The number of carbonyl (C=O) groups excluding carboxylic acids is 1. The van der Waals surface area contributed by atoms with Crippen LogP contribution in [0.5, 0.6) is 0 Å². The van der Waals surface area contributed by atoms with Crippen LogP contribution in [0.2, 0.25) is 10.0 Å². The van der Waals surface area contributed by atoms with Crippen molar-refractivity contribution >= 4 is 72.1 Å². The molecule has 1 heterocycles. The van der Waals surface area contributed by atoms with E-state index >= 15 is 0 Å². The molecule has 1 N–H and O–H groups in total. The van der Waals surface area contributed by atoms with E-state index in [4.69, 9.17) is 23.2 Å². The number of hydrogen-bond donors (Lipinski definition) is 1. The lowest BCUT2D eigenvalue weighted by molar-refractivity contribution is -0.114. The smallest absolute Gasteiger partial charge is 0.307 e. The maximum atomic E-state index is 12.5. The largest absolute Gasteiger partial charge is 0.324 e. The Morgan fingerprint density at radius 3 is 2.61 bits per heavy atom. The normalized spacial score (nSPS) is 11.6. The third-order valence-electron chi connectivity index (χ3n) is 3.94. The minimum Gasteiger partial charge on any atom is -0.324 e. The monoisotopic (exact) mass is 459 g/mol. The number of fused-ring (bicyclic) bond motifs is 1. The Morgan fingerprint density at radius 2 is 1.93 bits per heavy atom. The fraction of sp³-hybridized carbons (Fsp3) is 0.176. The van der Waals surface area contributed by atoms with Gasteiger partial charge < -0.3 is 9.88 Å². The van der Waals surface area contributed by atoms with E-state index in [1.165, 1.54) is 22.8 Å². The summed E-state index contributed by atoms with van der Waals surface area (Å²) in [6.45, 7) is -0.484. The van der Waals surface area contributed by atoms with Crippen LogP contribution in [0.1, 0.15) is 0 Å². The molecular weight excluding hydrogens is 445 g/mol. The van der Waals surface area contributed by atoms with Gasteiger partial charge in [0.15, 0.2) is 0 Å². The van der Waals surface area contributed by atoms with Gasteiger partial charge in [-0.1, -0.05) is 34.5 Å². The lowest BCUT2D eigenvalue weighted by atomic mass is 10.3. The summed E-state index contributed by atoms with van der Waals surface area (Å²) in [5.41, 5.74) is 1.31. The Bertz CT molecular complexity index is 1230. The number of thiazole rings is 1. The highest BCUT2D eigenvalue weighted by atomic mass is 35.5. The number of sulfonamides is 1. The molecule has 0 aliphatic rings. The molecule has 1 aromatic heterocycles. The van der Waals surface area contributed by atoms with Gasteiger partial charge >= 0.3 is 4.87 Å². The lowest BCUT2D eigenvalue weighted by Crippen LogP contribution is -2.37. The van der Waals surface area contributed by atoms with Gasteiger partial charge in [0.05, 0.1) is 27.2 Å². The molecule has 0 aliphatic carbocycles. The molecule has 3 rings (SSSR count). The maximum Gasteiger partial charge on any atom is 0.307 e. The second-order valence-corrected chi connectivity index (χ2v) is 9.77. The molecule has 7 nitrogen and oxygen atoms in total. The van der Waals surface area contributed by atoms with E-state index in [0.29, 0.717) is 10.4 Å². The van der Waals surface area contributed by atoms with Gasteiger partial charge in [-0.05, 0) is 36.4 Å². The maximum absolute atomic E-state index is 12.5. The third-order valence-corrected chi connectivity index (χ3v) is 6.62. The summed E-state index contributed by atoms with van der Waals surface area (Å²) < 4.78 is 27.5. The molecule has 1 amide bonds. The Balaban J connectivity index is 1.87. The molecule has 28 heavy (non-hydrogen) atoms. The first-order chi connectivity index (χ1) is 13.1. The van der Waals surface area contributed by atoms with Gasteiger partial charge in [0.2, 0.25) is 15.9 Å². The molecular formula is C17H15Cl2N3O4S2.